The summed E-state index contributed by atoms with van der Waals surface area (Å²) in [7, 11) is 0. The average molecular weight is 187 g/mol. The van der Waals surface area contributed by atoms with Crippen LogP contribution in [0.4, 0.5) is 0 Å². The summed E-state index contributed by atoms with van der Waals surface area (Å²) in [6.07, 6.45) is 0. The van der Waals surface area contributed by atoms with Crippen LogP contribution in [0, 0.1) is 6.92 Å². The fraction of sp³-hybridized carbons (Fsp3) is 0.400. The molecular formula is C10H15ClO. The highest BCUT2D eigenvalue weighted by Crippen LogP contribution is 2.15. The summed E-state index contributed by atoms with van der Waals surface area (Å²) in [5.41, 5.74) is 1.91. The van der Waals surface area contributed by atoms with E-state index in [1.165, 1.54) is 0 Å². The number of aliphatic hydroxyl groups is 1. The minimum atomic E-state index is 0.0814. The maximum absolute atomic E-state index is 8.71. The molecule has 0 spiro atoms. The van der Waals surface area contributed by atoms with Crippen molar-refractivity contribution in [1.29, 1.82) is 0 Å². The smallest absolute Gasteiger partial charge is 0.0681 e. The van der Waals surface area contributed by atoms with Gasteiger partial charge in [0.05, 0.1) is 6.61 Å². The fourth-order valence-corrected chi connectivity index (χ4v) is 0.923. The molecule has 1 aromatic rings. The molecule has 1 rings (SSSR count). The maximum Gasteiger partial charge on any atom is 0.0681 e. The van der Waals surface area contributed by atoms with Crippen molar-refractivity contribution in [3.05, 3.63) is 34.3 Å². The monoisotopic (exact) mass is 186 g/mol. The lowest BCUT2D eigenvalue weighted by Crippen LogP contribution is -1.83. The van der Waals surface area contributed by atoms with Gasteiger partial charge in [-0.3, -0.25) is 0 Å². The van der Waals surface area contributed by atoms with Crippen LogP contribution in [-0.2, 0) is 6.61 Å². The van der Waals surface area contributed by atoms with Crippen molar-refractivity contribution in [3.8, 4) is 0 Å². The van der Waals surface area contributed by atoms with E-state index in [4.69, 9.17) is 16.7 Å². The van der Waals surface area contributed by atoms with Crippen LogP contribution in [0.5, 0.6) is 0 Å². The average Bonchev–Trinajstić information content (AvgIpc) is 2.13. The minimum Gasteiger partial charge on any atom is -0.392 e. The van der Waals surface area contributed by atoms with Gasteiger partial charge < -0.3 is 5.11 Å². The molecule has 0 aliphatic carbocycles. The Balaban J connectivity index is 0.000000561. The second-order valence-corrected chi connectivity index (χ2v) is 2.65. The molecule has 0 aliphatic heterocycles. The van der Waals surface area contributed by atoms with Gasteiger partial charge in [-0.1, -0.05) is 37.6 Å². The van der Waals surface area contributed by atoms with E-state index in [-0.39, 0.29) is 6.61 Å². The van der Waals surface area contributed by atoms with Crippen LogP contribution < -0.4 is 0 Å². The van der Waals surface area contributed by atoms with Crippen LogP contribution in [0.15, 0.2) is 18.2 Å². The van der Waals surface area contributed by atoms with E-state index in [0.717, 1.165) is 16.1 Å². The Hall–Kier alpha value is -0.530. The van der Waals surface area contributed by atoms with Gasteiger partial charge in [0, 0.05) is 5.02 Å². The first kappa shape index (κ1) is 11.5. The summed E-state index contributed by atoms with van der Waals surface area (Å²) < 4.78 is 0. The molecule has 0 saturated heterocycles. The van der Waals surface area contributed by atoms with E-state index in [9.17, 15) is 0 Å². The molecule has 1 N–H and O–H groups in total. The molecule has 2 heteroatoms. The molecule has 0 unspecified atom stereocenters. The first-order chi connectivity index (χ1) is 5.74. The van der Waals surface area contributed by atoms with Gasteiger partial charge in [0.25, 0.3) is 0 Å². The number of benzene rings is 1. The van der Waals surface area contributed by atoms with E-state index in [2.05, 4.69) is 0 Å². The molecule has 0 saturated carbocycles. The number of hydrogen-bond donors (Lipinski definition) is 1. The summed E-state index contributed by atoms with van der Waals surface area (Å²) in [6.45, 7) is 6.00. The fourth-order valence-electron chi connectivity index (χ4n) is 0.805. The number of aliphatic hydroxyl groups excluding tert-OH is 1. The van der Waals surface area contributed by atoms with Crippen molar-refractivity contribution in [3.63, 3.8) is 0 Å². The van der Waals surface area contributed by atoms with Gasteiger partial charge in [0.15, 0.2) is 0 Å². The molecule has 0 aliphatic rings. The molecule has 12 heavy (non-hydrogen) atoms. The minimum absolute atomic E-state index is 0.0814. The lowest BCUT2D eigenvalue weighted by atomic mass is 10.1. The van der Waals surface area contributed by atoms with Gasteiger partial charge in [-0.2, -0.15) is 0 Å². The standard InChI is InChI=1S/C8H9ClO.C2H6/c1-6-4-7(5-10)2-3-8(6)9;1-2/h2-4,10H,5H2,1H3;1-2H3. The molecule has 0 atom stereocenters. The Morgan fingerprint density at radius 1 is 1.33 bits per heavy atom. The Kier molecular flexibility index (Phi) is 5.77. The zero-order valence-corrected chi connectivity index (χ0v) is 8.52. The van der Waals surface area contributed by atoms with E-state index in [1.54, 1.807) is 6.07 Å². The molecule has 68 valence electrons. The molecule has 1 aromatic carbocycles. The van der Waals surface area contributed by atoms with Gasteiger partial charge >= 0.3 is 0 Å². The molecule has 1 nitrogen and oxygen atoms in total. The first-order valence-corrected chi connectivity index (χ1v) is 4.47. The largest absolute Gasteiger partial charge is 0.392 e. The summed E-state index contributed by atoms with van der Waals surface area (Å²) >= 11 is 5.76. The maximum atomic E-state index is 8.71. The Bertz CT molecular complexity index is 233. The van der Waals surface area contributed by atoms with Crippen LogP contribution >= 0.6 is 11.6 Å². The Morgan fingerprint density at radius 2 is 1.92 bits per heavy atom. The quantitative estimate of drug-likeness (QED) is 0.715. The third kappa shape index (κ3) is 3.24. The topological polar surface area (TPSA) is 20.2 Å². The summed E-state index contributed by atoms with van der Waals surface area (Å²) in [4.78, 5) is 0. The normalized spacial score (nSPS) is 8.75. The predicted octanol–water partition coefficient (Wildman–Crippen LogP) is 3.17. The van der Waals surface area contributed by atoms with E-state index in [0.29, 0.717) is 0 Å². The highest BCUT2D eigenvalue weighted by atomic mass is 35.5. The molecular weight excluding hydrogens is 172 g/mol. The van der Waals surface area contributed by atoms with Gasteiger partial charge in [0.1, 0.15) is 0 Å². The molecule has 0 heterocycles. The van der Waals surface area contributed by atoms with Crippen molar-refractivity contribution in [2.24, 2.45) is 0 Å². The number of rotatable bonds is 1. The molecule has 0 fully saturated rings. The lowest BCUT2D eigenvalue weighted by Gasteiger charge is -1.99. The molecule has 0 aromatic heterocycles. The van der Waals surface area contributed by atoms with Gasteiger partial charge in [0.2, 0.25) is 0 Å². The predicted molar refractivity (Wildman–Crippen MR) is 53.5 cm³/mol. The number of hydrogen-bond acceptors (Lipinski definition) is 1. The van der Waals surface area contributed by atoms with E-state index in [1.807, 2.05) is 32.9 Å². The second-order valence-electron chi connectivity index (χ2n) is 2.24. The molecule has 0 amide bonds. The van der Waals surface area contributed by atoms with Crippen LogP contribution in [0.3, 0.4) is 0 Å². The Morgan fingerprint density at radius 3 is 2.33 bits per heavy atom. The number of aryl methyl sites for hydroxylation is 1. The van der Waals surface area contributed by atoms with Crippen molar-refractivity contribution in [2.45, 2.75) is 27.4 Å². The van der Waals surface area contributed by atoms with Crippen molar-refractivity contribution in [2.75, 3.05) is 0 Å². The molecule has 0 radical (unpaired) electrons. The lowest BCUT2D eigenvalue weighted by molar-refractivity contribution is 0.282. The van der Waals surface area contributed by atoms with Gasteiger partial charge in [-0.25, -0.2) is 0 Å². The van der Waals surface area contributed by atoms with Crippen molar-refractivity contribution in [1.82, 2.24) is 0 Å². The molecule has 0 bridgehead atoms. The zero-order valence-electron chi connectivity index (χ0n) is 7.76. The zero-order chi connectivity index (χ0) is 9.56. The van der Waals surface area contributed by atoms with E-state index < -0.39 is 0 Å². The first-order valence-electron chi connectivity index (χ1n) is 4.10. The highest BCUT2D eigenvalue weighted by Gasteiger charge is 1.94. The van der Waals surface area contributed by atoms with Crippen LogP contribution in [0.25, 0.3) is 0 Å². The highest BCUT2D eigenvalue weighted by molar-refractivity contribution is 6.31. The van der Waals surface area contributed by atoms with Gasteiger partial charge in [-0.15, -0.1) is 0 Å². The third-order valence-electron chi connectivity index (χ3n) is 1.40. The third-order valence-corrected chi connectivity index (χ3v) is 1.83. The van der Waals surface area contributed by atoms with Crippen LogP contribution in [0.1, 0.15) is 25.0 Å². The van der Waals surface area contributed by atoms with Crippen LogP contribution in [0.2, 0.25) is 5.02 Å². The number of halogens is 1. The second kappa shape index (κ2) is 6.04. The van der Waals surface area contributed by atoms with Crippen LogP contribution in [-0.4, -0.2) is 5.11 Å². The summed E-state index contributed by atoms with van der Waals surface area (Å²) in [5, 5.41) is 9.46. The summed E-state index contributed by atoms with van der Waals surface area (Å²) in [5.74, 6) is 0. The SMILES string of the molecule is CC.Cc1cc(CO)ccc1Cl. The van der Waals surface area contributed by atoms with Crippen molar-refractivity contribution >= 4 is 11.6 Å². The van der Waals surface area contributed by atoms with Crippen molar-refractivity contribution < 1.29 is 5.11 Å². The van der Waals surface area contributed by atoms with E-state index >= 15 is 0 Å². The van der Waals surface area contributed by atoms with Gasteiger partial charge in [-0.05, 0) is 24.1 Å². The Labute approximate surface area is 79.0 Å². The summed E-state index contributed by atoms with van der Waals surface area (Å²) in [6, 6.07) is 5.49.